The molecule has 106 valence electrons. The second kappa shape index (κ2) is 6.38. The van der Waals surface area contributed by atoms with Crippen LogP contribution in [-0.4, -0.2) is 23.8 Å². The fourth-order valence-electron chi connectivity index (χ4n) is 3.91. The molecule has 2 aliphatic carbocycles. The molecule has 18 heavy (non-hydrogen) atoms. The van der Waals surface area contributed by atoms with Crippen molar-refractivity contribution >= 4 is 0 Å². The van der Waals surface area contributed by atoms with E-state index in [-0.39, 0.29) is 5.54 Å². The quantitative estimate of drug-likeness (QED) is 0.805. The fourth-order valence-corrected chi connectivity index (χ4v) is 3.91. The van der Waals surface area contributed by atoms with Crippen LogP contribution in [0.5, 0.6) is 0 Å². The van der Waals surface area contributed by atoms with Crippen LogP contribution in [0, 0.1) is 17.8 Å². The zero-order valence-corrected chi connectivity index (χ0v) is 12.3. The minimum atomic E-state index is 0.0424. The molecule has 2 nitrogen and oxygen atoms in total. The van der Waals surface area contributed by atoms with Gasteiger partial charge in [0.15, 0.2) is 0 Å². The summed E-state index contributed by atoms with van der Waals surface area (Å²) in [5, 5.41) is 13.5. The van der Waals surface area contributed by atoms with Crippen molar-refractivity contribution in [2.45, 2.75) is 70.8 Å². The molecule has 0 aromatic rings. The van der Waals surface area contributed by atoms with Crippen molar-refractivity contribution in [2.24, 2.45) is 17.8 Å². The van der Waals surface area contributed by atoms with Gasteiger partial charge in [-0.1, -0.05) is 39.5 Å². The summed E-state index contributed by atoms with van der Waals surface area (Å²) in [6.45, 7) is 6.15. The Hall–Kier alpha value is -0.0800. The number of aliphatic hydroxyl groups excluding tert-OH is 1. The third-order valence-corrected chi connectivity index (χ3v) is 5.30. The molecule has 0 aromatic carbocycles. The first-order valence-corrected chi connectivity index (χ1v) is 7.99. The van der Waals surface area contributed by atoms with E-state index in [9.17, 15) is 5.11 Å². The van der Waals surface area contributed by atoms with E-state index in [1.165, 1.54) is 38.5 Å². The highest BCUT2D eigenvalue weighted by Gasteiger charge is 2.34. The molecule has 0 saturated heterocycles. The molecule has 0 bridgehead atoms. The number of hydrogen-bond donors (Lipinski definition) is 2. The predicted octanol–water partition coefficient (Wildman–Crippen LogP) is 3.34. The van der Waals surface area contributed by atoms with Crippen LogP contribution in [0.4, 0.5) is 0 Å². The second-order valence-electron chi connectivity index (χ2n) is 7.15. The average Bonchev–Trinajstić information content (AvgIpc) is 2.38. The van der Waals surface area contributed by atoms with Crippen LogP contribution in [0.3, 0.4) is 0 Å². The molecule has 2 N–H and O–H groups in total. The van der Waals surface area contributed by atoms with Crippen LogP contribution in [0.1, 0.15) is 65.2 Å². The van der Waals surface area contributed by atoms with E-state index in [0.29, 0.717) is 6.61 Å². The Morgan fingerprint density at radius 3 is 2.39 bits per heavy atom. The van der Waals surface area contributed by atoms with Crippen LogP contribution in [-0.2, 0) is 0 Å². The van der Waals surface area contributed by atoms with Crippen LogP contribution in [0.25, 0.3) is 0 Å². The van der Waals surface area contributed by atoms with Gasteiger partial charge >= 0.3 is 0 Å². The summed E-state index contributed by atoms with van der Waals surface area (Å²) < 4.78 is 0. The van der Waals surface area contributed by atoms with Crippen LogP contribution >= 0.6 is 0 Å². The van der Waals surface area contributed by atoms with Gasteiger partial charge in [0.2, 0.25) is 0 Å². The third kappa shape index (κ3) is 3.71. The summed E-state index contributed by atoms with van der Waals surface area (Å²) in [5.74, 6) is 2.55. The summed E-state index contributed by atoms with van der Waals surface area (Å²) in [6.07, 6.45) is 10.5. The van der Waals surface area contributed by atoms with Gasteiger partial charge in [0.05, 0.1) is 6.61 Å². The lowest BCUT2D eigenvalue weighted by Crippen LogP contribution is -2.53. The highest BCUT2D eigenvalue weighted by atomic mass is 16.3. The monoisotopic (exact) mass is 253 g/mol. The van der Waals surface area contributed by atoms with Gasteiger partial charge < -0.3 is 10.4 Å². The maximum absolute atomic E-state index is 9.77. The summed E-state index contributed by atoms with van der Waals surface area (Å²) in [5.41, 5.74) is 0.0424. The minimum absolute atomic E-state index is 0.0424. The lowest BCUT2D eigenvalue weighted by Gasteiger charge is -2.41. The summed E-state index contributed by atoms with van der Waals surface area (Å²) in [7, 11) is 0. The van der Waals surface area contributed by atoms with E-state index in [2.05, 4.69) is 19.2 Å². The normalized spacial score (nSPS) is 41.8. The SMILES string of the molecule is CC1CCC(CNC2(CO)CCCC(C)C2)CC1. The molecule has 2 heteroatoms. The molecular weight excluding hydrogens is 222 g/mol. The molecule has 0 heterocycles. The molecule has 0 aliphatic heterocycles. The minimum Gasteiger partial charge on any atom is -0.394 e. The van der Waals surface area contributed by atoms with Crippen molar-refractivity contribution < 1.29 is 5.11 Å². The lowest BCUT2D eigenvalue weighted by molar-refractivity contribution is 0.0919. The molecule has 2 atom stereocenters. The van der Waals surface area contributed by atoms with Gasteiger partial charge in [-0.25, -0.2) is 0 Å². The van der Waals surface area contributed by atoms with Gasteiger partial charge in [-0.2, -0.15) is 0 Å². The highest BCUT2D eigenvalue weighted by molar-refractivity contribution is 4.93. The number of nitrogens with one attached hydrogen (secondary N) is 1. The fraction of sp³-hybridized carbons (Fsp3) is 1.00. The molecule has 2 saturated carbocycles. The van der Waals surface area contributed by atoms with Crippen LogP contribution in [0.15, 0.2) is 0 Å². The van der Waals surface area contributed by atoms with Crippen LogP contribution < -0.4 is 5.32 Å². The van der Waals surface area contributed by atoms with Gasteiger partial charge in [0.1, 0.15) is 0 Å². The molecule has 0 spiro atoms. The molecule has 0 amide bonds. The van der Waals surface area contributed by atoms with E-state index in [1.54, 1.807) is 0 Å². The molecule has 0 radical (unpaired) electrons. The van der Waals surface area contributed by atoms with E-state index < -0.39 is 0 Å². The Morgan fingerprint density at radius 2 is 1.78 bits per heavy atom. The maximum Gasteiger partial charge on any atom is 0.0613 e. The summed E-state index contributed by atoms with van der Waals surface area (Å²) in [4.78, 5) is 0. The molecular formula is C16H31NO. The van der Waals surface area contributed by atoms with E-state index in [0.717, 1.165) is 37.1 Å². The smallest absolute Gasteiger partial charge is 0.0613 e. The topological polar surface area (TPSA) is 32.3 Å². The van der Waals surface area contributed by atoms with E-state index >= 15 is 0 Å². The third-order valence-electron chi connectivity index (χ3n) is 5.30. The molecule has 2 aliphatic rings. The van der Waals surface area contributed by atoms with Crippen LogP contribution in [0.2, 0.25) is 0 Å². The Kier molecular flexibility index (Phi) is 5.08. The van der Waals surface area contributed by atoms with Gasteiger partial charge in [0.25, 0.3) is 0 Å². The van der Waals surface area contributed by atoms with Crippen molar-refractivity contribution in [1.82, 2.24) is 5.32 Å². The highest BCUT2D eigenvalue weighted by Crippen LogP contribution is 2.33. The largest absolute Gasteiger partial charge is 0.394 e. The average molecular weight is 253 g/mol. The Morgan fingerprint density at radius 1 is 1.06 bits per heavy atom. The zero-order valence-electron chi connectivity index (χ0n) is 12.3. The van der Waals surface area contributed by atoms with Crippen molar-refractivity contribution in [3.63, 3.8) is 0 Å². The standard InChI is InChI=1S/C16H31NO/c1-13-5-7-15(8-6-13)11-17-16(12-18)9-3-4-14(2)10-16/h13-15,17-18H,3-12H2,1-2H3. The molecule has 2 unspecified atom stereocenters. The van der Waals surface area contributed by atoms with Gasteiger partial charge in [-0.3, -0.25) is 0 Å². The first kappa shape index (κ1) is 14.3. The summed E-state index contributed by atoms with van der Waals surface area (Å²) in [6, 6.07) is 0. The molecule has 0 aromatic heterocycles. The van der Waals surface area contributed by atoms with Crippen molar-refractivity contribution in [3.8, 4) is 0 Å². The number of aliphatic hydroxyl groups is 1. The van der Waals surface area contributed by atoms with Crippen molar-refractivity contribution in [3.05, 3.63) is 0 Å². The first-order valence-electron chi connectivity index (χ1n) is 7.99. The van der Waals surface area contributed by atoms with Crippen molar-refractivity contribution in [2.75, 3.05) is 13.2 Å². The summed E-state index contributed by atoms with van der Waals surface area (Å²) >= 11 is 0. The lowest BCUT2D eigenvalue weighted by atomic mass is 9.76. The van der Waals surface area contributed by atoms with Gasteiger partial charge in [-0.15, -0.1) is 0 Å². The Balaban J connectivity index is 1.79. The maximum atomic E-state index is 9.77. The van der Waals surface area contributed by atoms with E-state index in [4.69, 9.17) is 0 Å². The van der Waals surface area contributed by atoms with Crippen molar-refractivity contribution in [1.29, 1.82) is 0 Å². The molecule has 2 rings (SSSR count). The zero-order chi connectivity index (χ0) is 13.0. The van der Waals surface area contributed by atoms with E-state index in [1.807, 2.05) is 0 Å². The van der Waals surface area contributed by atoms with Gasteiger partial charge in [-0.05, 0) is 50.0 Å². The predicted molar refractivity (Wildman–Crippen MR) is 76.6 cm³/mol. The number of rotatable bonds is 4. The first-order chi connectivity index (χ1) is 8.63. The Labute approximate surface area is 113 Å². The Bertz CT molecular complexity index is 247. The second-order valence-corrected chi connectivity index (χ2v) is 7.15. The number of hydrogen-bond acceptors (Lipinski definition) is 2. The molecule has 2 fully saturated rings. The van der Waals surface area contributed by atoms with Gasteiger partial charge in [0, 0.05) is 5.54 Å².